The van der Waals surface area contributed by atoms with E-state index < -0.39 is 5.97 Å². The number of methoxy groups -OCH3 is 1. The number of esters is 1. The van der Waals surface area contributed by atoms with E-state index in [0.717, 1.165) is 17.7 Å². The van der Waals surface area contributed by atoms with E-state index in [2.05, 4.69) is 30.8 Å². The van der Waals surface area contributed by atoms with E-state index in [1.54, 1.807) is 12.1 Å². The van der Waals surface area contributed by atoms with Gasteiger partial charge in [0.15, 0.2) is 0 Å². The molecule has 6 nitrogen and oxygen atoms in total. The molecule has 31 heavy (non-hydrogen) atoms. The van der Waals surface area contributed by atoms with Crippen LogP contribution in [0.15, 0.2) is 36.4 Å². The Morgan fingerprint density at radius 3 is 2.65 bits per heavy atom. The largest absolute Gasteiger partial charge is 0.507 e. The minimum atomic E-state index is -0.635. The van der Waals surface area contributed by atoms with Gasteiger partial charge in [-0.3, -0.25) is 4.79 Å². The van der Waals surface area contributed by atoms with Crippen LogP contribution in [0, 0.1) is 11.3 Å². The van der Waals surface area contributed by atoms with E-state index in [1.807, 2.05) is 12.1 Å². The number of phenolic OH excluding ortho intramolecular Hbond substituents is 1. The second-order valence-electron chi connectivity index (χ2n) is 9.72. The van der Waals surface area contributed by atoms with Gasteiger partial charge in [-0.1, -0.05) is 13.8 Å². The Balaban J connectivity index is 1.45. The SMILES string of the molecule is COC(=O)c1ccc(NC(=O)c2ccc3c(c2)C2(C)C4(C)CCC(C4)C2(C)O3)cc1O. The summed E-state index contributed by atoms with van der Waals surface area (Å²) in [6, 6.07) is 9.97. The fourth-order valence-corrected chi connectivity index (χ4v) is 6.43. The summed E-state index contributed by atoms with van der Waals surface area (Å²) in [6.45, 7) is 6.88. The molecule has 1 heterocycles. The molecule has 0 saturated heterocycles. The number of aromatic hydroxyl groups is 1. The van der Waals surface area contributed by atoms with E-state index >= 15 is 0 Å². The maximum atomic E-state index is 13.0. The molecule has 2 fully saturated rings. The molecule has 3 aliphatic rings. The van der Waals surface area contributed by atoms with Gasteiger partial charge in [-0.2, -0.15) is 0 Å². The van der Waals surface area contributed by atoms with Crippen molar-refractivity contribution in [1.82, 2.24) is 0 Å². The molecule has 0 radical (unpaired) electrons. The van der Waals surface area contributed by atoms with Crippen molar-refractivity contribution in [2.45, 2.75) is 51.0 Å². The first kappa shape index (κ1) is 19.9. The summed E-state index contributed by atoms with van der Waals surface area (Å²) in [7, 11) is 1.25. The molecule has 0 spiro atoms. The molecule has 2 aromatic carbocycles. The van der Waals surface area contributed by atoms with Crippen LogP contribution in [0.3, 0.4) is 0 Å². The average molecular weight is 421 g/mol. The first-order chi connectivity index (χ1) is 14.6. The number of carbonyl (C=O) groups excluding carboxylic acids is 2. The number of phenols is 1. The van der Waals surface area contributed by atoms with E-state index in [-0.39, 0.29) is 33.7 Å². The maximum absolute atomic E-state index is 13.0. The van der Waals surface area contributed by atoms with Gasteiger partial charge < -0.3 is 19.9 Å². The summed E-state index contributed by atoms with van der Waals surface area (Å²) in [5.74, 6) is 0.247. The molecule has 2 aromatic rings. The van der Waals surface area contributed by atoms with Crippen molar-refractivity contribution in [3.63, 3.8) is 0 Å². The quantitative estimate of drug-likeness (QED) is 0.704. The lowest BCUT2D eigenvalue weighted by Gasteiger charge is -2.48. The van der Waals surface area contributed by atoms with Crippen LogP contribution in [0.25, 0.3) is 0 Å². The van der Waals surface area contributed by atoms with Gasteiger partial charge >= 0.3 is 5.97 Å². The summed E-state index contributed by atoms with van der Waals surface area (Å²) in [4.78, 5) is 24.6. The van der Waals surface area contributed by atoms with E-state index in [1.165, 1.54) is 32.1 Å². The molecule has 4 unspecified atom stereocenters. The highest BCUT2D eigenvalue weighted by Gasteiger charge is 2.73. The van der Waals surface area contributed by atoms with Crippen LogP contribution in [0.1, 0.15) is 66.3 Å². The molecule has 2 N–H and O–H groups in total. The zero-order chi connectivity index (χ0) is 22.2. The van der Waals surface area contributed by atoms with Gasteiger partial charge in [0, 0.05) is 28.3 Å². The lowest BCUT2D eigenvalue weighted by Crippen LogP contribution is -2.54. The zero-order valence-electron chi connectivity index (χ0n) is 18.2. The minimum absolute atomic E-state index is 0.0481. The number of nitrogens with one attached hydrogen (secondary N) is 1. The summed E-state index contributed by atoms with van der Waals surface area (Å²) in [5, 5.41) is 12.9. The molecule has 1 amide bonds. The Morgan fingerprint density at radius 1 is 1.16 bits per heavy atom. The number of benzene rings is 2. The third-order valence-corrected chi connectivity index (χ3v) is 8.48. The molecule has 5 rings (SSSR count). The molecule has 162 valence electrons. The summed E-state index contributed by atoms with van der Waals surface area (Å²) < 4.78 is 11.2. The Labute approximate surface area is 181 Å². The van der Waals surface area contributed by atoms with Crippen LogP contribution >= 0.6 is 0 Å². The summed E-state index contributed by atoms with van der Waals surface area (Å²) in [6.07, 6.45) is 3.52. The number of ether oxygens (including phenoxy) is 2. The van der Waals surface area contributed by atoms with Crippen molar-refractivity contribution in [1.29, 1.82) is 0 Å². The van der Waals surface area contributed by atoms with Gasteiger partial charge in [0.25, 0.3) is 5.91 Å². The predicted molar refractivity (Wildman–Crippen MR) is 116 cm³/mol. The maximum Gasteiger partial charge on any atom is 0.341 e. The van der Waals surface area contributed by atoms with Gasteiger partial charge in [0.05, 0.1) is 7.11 Å². The van der Waals surface area contributed by atoms with Gasteiger partial charge in [-0.05, 0) is 67.9 Å². The van der Waals surface area contributed by atoms with Gasteiger partial charge in [0.2, 0.25) is 0 Å². The number of rotatable bonds is 3. The van der Waals surface area contributed by atoms with Crippen LogP contribution in [-0.2, 0) is 10.2 Å². The fourth-order valence-electron chi connectivity index (χ4n) is 6.43. The van der Waals surface area contributed by atoms with E-state index in [0.29, 0.717) is 17.2 Å². The second kappa shape index (κ2) is 6.25. The van der Waals surface area contributed by atoms with Gasteiger partial charge in [-0.25, -0.2) is 4.79 Å². The lowest BCUT2D eigenvalue weighted by molar-refractivity contribution is -0.0260. The molecule has 0 aromatic heterocycles. The van der Waals surface area contributed by atoms with Crippen molar-refractivity contribution in [2.24, 2.45) is 11.3 Å². The Hall–Kier alpha value is -3.02. The van der Waals surface area contributed by atoms with Crippen molar-refractivity contribution in [2.75, 3.05) is 12.4 Å². The Bertz CT molecular complexity index is 1130. The molecular weight excluding hydrogens is 394 g/mol. The lowest BCUT2D eigenvalue weighted by atomic mass is 9.56. The van der Waals surface area contributed by atoms with Crippen molar-refractivity contribution in [3.8, 4) is 11.5 Å². The van der Waals surface area contributed by atoms with E-state index in [4.69, 9.17) is 4.74 Å². The first-order valence-corrected chi connectivity index (χ1v) is 10.7. The normalized spacial score (nSPS) is 32.2. The molecule has 2 saturated carbocycles. The van der Waals surface area contributed by atoms with Gasteiger partial charge in [-0.15, -0.1) is 0 Å². The number of hydrogen-bond acceptors (Lipinski definition) is 5. The minimum Gasteiger partial charge on any atom is -0.507 e. The monoisotopic (exact) mass is 421 g/mol. The van der Waals surface area contributed by atoms with Crippen molar-refractivity contribution in [3.05, 3.63) is 53.1 Å². The highest BCUT2D eigenvalue weighted by Crippen LogP contribution is 2.73. The first-order valence-electron chi connectivity index (χ1n) is 10.7. The number of fused-ring (bicyclic) bond motifs is 7. The number of carbonyl (C=O) groups is 2. The van der Waals surface area contributed by atoms with Crippen LogP contribution in [0.4, 0.5) is 5.69 Å². The van der Waals surface area contributed by atoms with Crippen molar-refractivity contribution < 1.29 is 24.2 Å². The third-order valence-electron chi connectivity index (χ3n) is 8.48. The average Bonchev–Trinajstić information content (AvgIpc) is 3.31. The predicted octanol–water partition coefficient (Wildman–Crippen LogP) is 4.66. The highest BCUT2D eigenvalue weighted by molar-refractivity contribution is 6.05. The van der Waals surface area contributed by atoms with Crippen LogP contribution in [0.2, 0.25) is 0 Å². The van der Waals surface area contributed by atoms with Gasteiger partial charge in [0.1, 0.15) is 22.7 Å². The molecular formula is C25H27NO5. The second-order valence-corrected chi connectivity index (χ2v) is 9.72. The molecule has 2 aliphatic carbocycles. The fraction of sp³-hybridized carbons (Fsp3) is 0.440. The van der Waals surface area contributed by atoms with E-state index in [9.17, 15) is 14.7 Å². The smallest absolute Gasteiger partial charge is 0.341 e. The van der Waals surface area contributed by atoms with Crippen LogP contribution in [-0.4, -0.2) is 29.7 Å². The number of hydrogen-bond donors (Lipinski definition) is 2. The third kappa shape index (κ3) is 2.45. The topological polar surface area (TPSA) is 84.9 Å². The van der Waals surface area contributed by atoms with Crippen LogP contribution < -0.4 is 10.1 Å². The molecule has 6 heteroatoms. The molecule has 1 aliphatic heterocycles. The zero-order valence-corrected chi connectivity index (χ0v) is 18.2. The Kier molecular flexibility index (Phi) is 4.01. The standard InChI is InChI=1S/C25H27NO5/c1-23-10-9-15(13-23)25(3)24(23,2)18-11-14(5-8-20(18)31-25)21(28)26-16-6-7-17(19(27)12-16)22(29)30-4/h5-8,11-12,15,27H,9-10,13H2,1-4H3,(H,26,28). The number of anilines is 1. The number of amides is 1. The van der Waals surface area contributed by atoms with Crippen LogP contribution in [0.5, 0.6) is 11.5 Å². The van der Waals surface area contributed by atoms with Crippen molar-refractivity contribution >= 4 is 17.6 Å². The highest BCUT2D eigenvalue weighted by atomic mass is 16.5. The molecule has 4 atom stereocenters. The summed E-state index contributed by atoms with van der Waals surface area (Å²) in [5.41, 5.74) is 1.86. The summed E-state index contributed by atoms with van der Waals surface area (Å²) >= 11 is 0. The Morgan fingerprint density at radius 2 is 1.94 bits per heavy atom. The molecule has 2 bridgehead atoms.